The van der Waals surface area contributed by atoms with E-state index in [1.54, 1.807) is 0 Å². The van der Waals surface area contributed by atoms with Crippen LogP contribution in [0.3, 0.4) is 0 Å². The molecule has 1 N–H and O–H groups in total. The summed E-state index contributed by atoms with van der Waals surface area (Å²) in [5.41, 5.74) is 2.83. The minimum Gasteiger partial charge on any atom is -0.352 e. The van der Waals surface area contributed by atoms with Crippen LogP contribution in [0.15, 0.2) is 67.0 Å². The van der Waals surface area contributed by atoms with E-state index < -0.39 is 5.82 Å². The van der Waals surface area contributed by atoms with Gasteiger partial charge in [-0.1, -0.05) is 35.9 Å². The van der Waals surface area contributed by atoms with Gasteiger partial charge in [-0.2, -0.15) is 5.10 Å². The van der Waals surface area contributed by atoms with Gasteiger partial charge in [0.15, 0.2) is 5.82 Å². The molecule has 9 heteroatoms. The molecule has 0 unspecified atom stereocenters. The largest absolute Gasteiger partial charge is 0.352 e. The molecule has 1 aliphatic heterocycles. The summed E-state index contributed by atoms with van der Waals surface area (Å²) >= 11 is 5.81. The number of amides is 1. The van der Waals surface area contributed by atoms with Gasteiger partial charge in [-0.3, -0.25) is 14.7 Å². The highest BCUT2D eigenvalue weighted by Crippen LogP contribution is 2.27. The Kier molecular flexibility index (Phi) is 8.41. The van der Waals surface area contributed by atoms with E-state index in [9.17, 15) is 9.18 Å². The molecule has 0 spiro atoms. The lowest BCUT2D eigenvalue weighted by Crippen LogP contribution is -2.49. The van der Waals surface area contributed by atoms with Crippen LogP contribution in [0.2, 0.25) is 5.02 Å². The maximum absolute atomic E-state index is 13.4. The average Bonchev–Trinajstić information content (AvgIpc) is 2.94. The summed E-state index contributed by atoms with van der Waals surface area (Å²) in [6.45, 7) is 3.21. The minimum absolute atomic E-state index is 0.0132. The highest BCUT2D eigenvalue weighted by molar-refractivity contribution is 6.31. The van der Waals surface area contributed by atoms with Crippen LogP contribution in [0.25, 0.3) is 10.8 Å². The van der Waals surface area contributed by atoms with Crippen molar-refractivity contribution in [1.82, 2.24) is 20.1 Å². The van der Waals surface area contributed by atoms with Crippen molar-refractivity contribution in [3.05, 3.63) is 89.1 Å². The van der Waals surface area contributed by atoms with Gasteiger partial charge in [0.1, 0.15) is 5.82 Å². The fourth-order valence-electron chi connectivity index (χ4n) is 4.83. The first kappa shape index (κ1) is 26.0. The van der Waals surface area contributed by atoms with Crippen LogP contribution in [0, 0.1) is 5.82 Å². The summed E-state index contributed by atoms with van der Waals surface area (Å²) in [5.74, 6) is 0.233. The monoisotopic (exact) mass is 532 g/mol. The Morgan fingerprint density at radius 1 is 0.921 bits per heavy atom. The molecule has 7 nitrogen and oxygen atoms in total. The molecule has 0 radical (unpaired) electrons. The smallest absolute Gasteiger partial charge is 0.238 e. The van der Waals surface area contributed by atoms with E-state index in [4.69, 9.17) is 11.6 Å². The van der Waals surface area contributed by atoms with Crippen molar-refractivity contribution in [2.45, 2.75) is 25.7 Å². The molecule has 2 aromatic heterocycles. The number of pyridine rings is 1. The number of nitrogens with zero attached hydrogens (tertiary/aromatic N) is 5. The van der Waals surface area contributed by atoms with Crippen LogP contribution in [-0.2, 0) is 17.6 Å². The van der Waals surface area contributed by atoms with E-state index in [1.165, 1.54) is 23.8 Å². The zero-order valence-electron chi connectivity index (χ0n) is 21.1. The zero-order valence-corrected chi connectivity index (χ0v) is 21.9. The molecular formula is C29H30ClFN6O. The number of rotatable bonds is 9. The Hall–Kier alpha value is -3.62. The lowest BCUT2D eigenvalue weighted by atomic mass is 10.0. The number of halogens is 2. The molecule has 0 saturated carbocycles. The Labute approximate surface area is 226 Å². The lowest BCUT2D eigenvalue weighted by molar-refractivity contribution is -0.117. The molecule has 0 aliphatic carbocycles. The van der Waals surface area contributed by atoms with Crippen molar-refractivity contribution in [2.24, 2.45) is 0 Å². The second kappa shape index (κ2) is 12.3. The third-order valence-electron chi connectivity index (χ3n) is 6.87. The molecule has 0 atom stereocenters. The first-order chi connectivity index (χ1) is 18.6. The van der Waals surface area contributed by atoms with Gasteiger partial charge in [0, 0.05) is 55.0 Å². The van der Waals surface area contributed by atoms with Gasteiger partial charge in [-0.25, -0.2) is 4.39 Å². The van der Waals surface area contributed by atoms with Crippen LogP contribution < -0.4 is 10.2 Å². The number of piperazine rings is 1. The second-order valence-electron chi connectivity index (χ2n) is 9.52. The molecular weight excluding hydrogens is 503 g/mol. The van der Waals surface area contributed by atoms with Crippen molar-refractivity contribution < 1.29 is 9.18 Å². The minimum atomic E-state index is -0.509. The van der Waals surface area contributed by atoms with Crippen molar-refractivity contribution in [3.63, 3.8) is 0 Å². The molecule has 38 heavy (non-hydrogen) atoms. The molecule has 3 heterocycles. The molecule has 1 amide bonds. The van der Waals surface area contributed by atoms with Gasteiger partial charge in [0.05, 0.1) is 17.3 Å². The second-order valence-corrected chi connectivity index (χ2v) is 9.93. The van der Waals surface area contributed by atoms with Crippen molar-refractivity contribution in [2.75, 3.05) is 42.9 Å². The summed E-state index contributed by atoms with van der Waals surface area (Å²) in [4.78, 5) is 20.9. The van der Waals surface area contributed by atoms with E-state index in [2.05, 4.69) is 60.6 Å². The third-order valence-corrected chi connectivity index (χ3v) is 7.15. The van der Waals surface area contributed by atoms with E-state index in [1.807, 2.05) is 18.5 Å². The van der Waals surface area contributed by atoms with Crippen molar-refractivity contribution in [3.8, 4) is 0 Å². The SMILES string of the molecule is O=C(CN1CCN(c2nnc(CCCCc3ccncc3)c3ccccc23)CC1)Nc1ccc(F)c(Cl)c1. The number of fused-ring (bicyclic) bond motifs is 1. The van der Waals surface area contributed by atoms with E-state index in [0.29, 0.717) is 5.69 Å². The number of aromatic nitrogens is 3. The Balaban J connectivity index is 1.16. The van der Waals surface area contributed by atoms with Gasteiger partial charge in [-0.15, -0.1) is 5.10 Å². The van der Waals surface area contributed by atoms with Gasteiger partial charge in [-0.05, 0) is 61.6 Å². The number of benzene rings is 2. The first-order valence-electron chi connectivity index (χ1n) is 12.9. The number of carbonyl (C=O) groups excluding carboxylic acids is 1. The summed E-state index contributed by atoms with van der Waals surface area (Å²) in [6, 6.07) is 16.7. The molecule has 0 bridgehead atoms. The van der Waals surface area contributed by atoms with E-state index >= 15 is 0 Å². The number of nitrogens with one attached hydrogen (secondary N) is 1. The fraction of sp³-hybridized carbons (Fsp3) is 0.310. The van der Waals surface area contributed by atoms with E-state index in [0.717, 1.165) is 74.1 Å². The van der Waals surface area contributed by atoms with E-state index in [-0.39, 0.29) is 17.5 Å². The quantitative estimate of drug-likeness (QED) is 0.301. The zero-order chi connectivity index (χ0) is 26.3. The Bertz CT molecular complexity index is 1390. The van der Waals surface area contributed by atoms with Crippen LogP contribution in [0.4, 0.5) is 15.9 Å². The predicted molar refractivity (Wildman–Crippen MR) is 149 cm³/mol. The Morgan fingerprint density at radius 3 is 2.42 bits per heavy atom. The molecule has 1 fully saturated rings. The molecule has 2 aromatic carbocycles. The topological polar surface area (TPSA) is 74.2 Å². The highest BCUT2D eigenvalue weighted by atomic mass is 35.5. The fourth-order valence-corrected chi connectivity index (χ4v) is 5.01. The summed E-state index contributed by atoms with van der Waals surface area (Å²) in [7, 11) is 0. The molecule has 196 valence electrons. The normalized spacial score (nSPS) is 14.1. The first-order valence-corrected chi connectivity index (χ1v) is 13.3. The highest BCUT2D eigenvalue weighted by Gasteiger charge is 2.22. The average molecular weight is 533 g/mol. The van der Waals surface area contributed by atoms with Crippen molar-refractivity contribution >= 4 is 39.8 Å². The molecule has 4 aromatic rings. The van der Waals surface area contributed by atoms with Gasteiger partial charge in [0.25, 0.3) is 0 Å². The third kappa shape index (κ3) is 6.44. The molecule has 1 aliphatic rings. The van der Waals surface area contributed by atoms with Gasteiger partial charge < -0.3 is 10.2 Å². The van der Waals surface area contributed by atoms with Gasteiger partial charge in [0.2, 0.25) is 5.91 Å². The van der Waals surface area contributed by atoms with Crippen molar-refractivity contribution in [1.29, 1.82) is 0 Å². The summed E-state index contributed by atoms with van der Waals surface area (Å²) in [5, 5.41) is 14.3. The number of unbranched alkanes of at least 4 members (excludes halogenated alkanes) is 1. The summed E-state index contributed by atoms with van der Waals surface area (Å²) < 4.78 is 13.4. The lowest BCUT2D eigenvalue weighted by Gasteiger charge is -2.35. The number of carbonyl (C=O) groups is 1. The standard InChI is InChI=1S/C29H30ClFN6O/c30-25-19-22(9-10-26(25)31)33-28(38)20-36-15-17-37(18-16-36)29-24-7-3-2-6-23(24)27(34-35-29)8-4-1-5-21-11-13-32-14-12-21/h2-3,6-7,9-14,19H,1,4-5,8,15-18,20H2,(H,33,38). The number of anilines is 2. The number of hydrogen-bond donors (Lipinski definition) is 1. The van der Waals surface area contributed by atoms with Crippen LogP contribution in [-0.4, -0.2) is 58.7 Å². The molecule has 5 rings (SSSR count). The number of hydrogen-bond acceptors (Lipinski definition) is 6. The summed E-state index contributed by atoms with van der Waals surface area (Å²) in [6.07, 6.45) is 7.74. The molecule has 1 saturated heterocycles. The predicted octanol–water partition coefficient (Wildman–Crippen LogP) is 5.14. The van der Waals surface area contributed by atoms with Crippen LogP contribution >= 0.6 is 11.6 Å². The van der Waals surface area contributed by atoms with Gasteiger partial charge >= 0.3 is 0 Å². The maximum atomic E-state index is 13.4. The van der Waals surface area contributed by atoms with Crippen LogP contribution in [0.1, 0.15) is 24.1 Å². The Morgan fingerprint density at radius 2 is 1.66 bits per heavy atom. The number of aryl methyl sites for hydroxylation is 2. The maximum Gasteiger partial charge on any atom is 0.238 e. The van der Waals surface area contributed by atoms with Crippen LogP contribution in [0.5, 0.6) is 0 Å².